The second-order valence-corrected chi connectivity index (χ2v) is 15.8. The molecule has 0 aromatic carbocycles. The zero-order chi connectivity index (χ0) is 42.9. The predicted molar refractivity (Wildman–Crippen MR) is 245 cm³/mol. The van der Waals surface area contributed by atoms with Gasteiger partial charge in [0.2, 0.25) is 5.88 Å². The second kappa shape index (κ2) is 37.5. The first kappa shape index (κ1) is 59.8. The van der Waals surface area contributed by atoms with Crippen molar-refractivity contribution in [2.45, 2.75) is 153 Å². The number of anilines is 1. The van der Waals surface area contributed by atoms with Crippen LogP contribution in [0.3, 0.4) is 0 Å². The van der Waals surface area contributed by atoms with Crippen molar-refractivity contribution >= 4 is 22.7 Å². The molecule has 0 aliphatic carbocycles. The zero-order valence-electron chi connectivity index (χ0n) is 39.0. The van der Waals surface area contributed by atoms with Crippen LogP contribution in [0.1, 0.15) is 145 Å². The van der Waals surface area contributed by atoms with Gasteiger partial charge in [0.05, 0.1) is 39.5 Å². The molecule has 0 saturated carbocycles. The van der Waals surface area contributed by atoms with E-state index in [-0.39, 0.29) is 69.6 Å². The number of nitrogens with zero attached hydrogens (tertiary/aromatic N) is 3. The van der Waals surface area contributed by atoms with Crippen molar-refractivity contribution in [1.29, 1.82) is 0 Å². The molecule has 0 amide bonds. The molecule has 0 radical (unpaired) electrons. The van der Waals surface area contributed by atoms with E-state index in [1.54, 1.807) is 24.6 Å². The molecule has 3 atom stereocenters. The number of hydrogen-bond donors (Lipinski definition) is 1. The molecule has 1 N–H and O–H groups in total. The normalized spacial score (nSPS) is 15.7. The van der Waals surface area contributed by atoms with Crippen molar-refractivity contribution in [3.05, 3.63) is 58.3 Å². The van der Waals surface area contributed by atoms with Crippen LogP contribution in [-0.4, -0.2) is 67.5 Å². The minimum atomic E-state index is -0.240. The number of thiophene rings is 1. The second-order valence-electron chi connectivity index (χ2n) is 14.8. The van der Waals surface area contributed by atoms with Gasteiger partial charge >= 0.3 is 51.4 Å². The summed E-state index contributed by atoms with van der Waals surface area (Å²) >= 11 is 1.78. The van der Waals surface area contributed by atoms with Gasteiger partial charge in [0.1, 0.15) is 17.9 Å². The van der Waals surface area contributed by atoms with Crippen molar-refractivity contribution in [2.24, 2.45) is 16.8 Å². The maximum absolute atomic E-state index is 8.84. The van der Waals surface area contributed by atoms with E-state index in [1.165, 1.54) is 60.6 Å². The fourth-order valence-electron chi connectivity index (χ4n) is 4.82. The van der Waals surface area contributed by atoms with Gasteiger partial charge < -0.3 is 30.1 Å². The summed E-state index contributed by atoms with van der Waals surface area (Å²) in [4.78, 5) is 12.5. The smallest absolute Gasteiger partial charge is 0.480 e. The largest absolute Gasteiger partial charge is 1.00 e. The number of ether oxygens (including phenoxy) is 3. The number of aliphatic imine (C=N–C) groups is 1. The van der Waals surface area contributed by atoms with Crippen LogP contribution in [-0.2, 0) is 16.0 Å². The molecule has 4 heterocycles. The third-order valence-corrected chi connectivity index (χ3v) is 10.2. The van der Waals surface area contributed by atoms with Gasteiger partial charge in [-0.05, 0) is 63.0 Å². The molecule has 2 aromatic heterocycles. The van der Waals surface area contributed by atoms with E-state index >= 15 is 0 Å². The molecule has 2 aliphatic rings. The van der Waals surface area contributed by atoms with Gasteiger partial charge in [-0.1, -0.05) is 104 Å². The monoisotopic (exact) mass is 834 g/mol. The summed E-state index contributed by atoms with van der Waals surface area (Å²) in [7, 11) is 1.61. The third-order valence-electron chi connectivity index (χ3n) is 9.29. The summed E-state index contributed by atoms with van der Waals surface area (Å²) in [6.07, 6.45) is 15.2. The predicted octanol–water partition coefficient (Wildman–Crippen LogP) is 9.03. The number of hydrogen-bond acceptors (Lipinski definition) is 8. The van der Waals surface area contributed by atoms with Gasteiger partial charge in [0, 0.05) is 35.3 Å². The Morgan fingerprint density at radius 3 is 2.09 bits per heavy atom. The number of aliphatic hydroxyl groups excluding tert-OH is 1. The Morgan fingerprint density at radius 2 is 1.70 bits per heavy atom. The number of aliphatic hydroxyl groups is 1. The van der Waals surface area contributed by atoms with E-state index in [4.69, 9.17) is 25.7 Å². The molecule has 2 saturated heterocycles. The number of methoxy groups -OCH3 is 1. The first-order valence-corrected chi connectivity index (χ1v) is 21.6. The van der Waals surface area contributed by atoms with Crippen LogP contribution in [0.5, 0.6) is 5.88 Å². The topological polar surface area (TPSA) is 76.4 Å². The van der Waals surface area contributed by atoms with Crippen LogP contribution in [0.2, 0.25) is 0 Å². The summed E-state index contributed by atoms with van der Waals surface area (Å²) < 4.78 is 16.7. The SMILES string of the molecule is C#CCC.C=C(C)C(C)CC.CCC(C)C(C)=NCc1cccs1.CCCCCC.COc1ncc(C#CCO)cc1N1CCOC2(COC2)C1C.C[C-](C)C.[K+]. The molecule has 9 heteroatoms. The van der Waals surface area contributed by atoms with E-state index < -0.39 is 0 Å². The zero-order valence-corrected chi connectivity index (χ0v) is 43.0. The summed E-state index contributed by atoms with van der Waals surface area (Å²) in [6, 6.07) is 6.32. The molecule has 7 nitrogen and oxygen atoms in total. The summed E-state index contributed by atoms with van der Waals surface area (Å²) in [5, 5.41) is 10.9. The summed E-state index contributed by atoms with van der Waals surface area (Å²) in [5.74, 6) is 11.3. The molecule has 57 heavy (non-hydrogen) atoms. The van der Waals surface area contributed by atoms with Gasteiger partial charge in [0.25, 0.3) is 0 Å². The van der Waals surface area contributed by atoms with Gasteiger partial charge in [-0.25, -0.2) is 4.98 Å². The van der Waals surface area contributed by atoms with Crippen LogP contribution in [0.4, 0.5) is 5.69 Å². The van der Waals surface area contributed by atoms with E-state index in [1.807, 2.05) is 13.0 Å². The van der Waals surface area contributed by atoms with Crippen molar-refractivity contribution in [1.82, 2.24) is 4.98 Å². The fourth-order valence-corrected chi connectivity index (χ4v) is 5.45. The average molecular weight is 834 g/mol. The molecule has 4 rings (SSSR count). The maximum atomic E-state index is 8.84. The van der Waals surface area contributed by atoms with E-state index in [9.17, 15) is 0 Å². The molecular formula is C48H80KN3O4S. The number of aromatic nitrogens is 1. The molecule has 3 unspecified atom stereocenters. The van der Waals surface area contributed by atoms with Crippen molar-refractivity contribution in [3.8, 4) is 30.1 Å². The fraction of sp³-hybridized carbons (Fsp3) is 0.646. The molecule has 1 spiro atoms. The summed E-state index contributed by atoms with van der Waals surface area (Å²) in [5.41, 5.74) is 3.98. The van der Waals surface area contributed by atoms with Crippen molar-refractivity contribution < 1.29 is 70.7 Å². The molecule has 2 aliphatic heterocycles. The molecule has 318 valence electrons. The van der Waals surface area contributed by atoms with Gasteiger partial charge in [-0.15, -0.1) is 23.7 Å². The van der Waals surface area contributed by atoms with Crippen LogP contribution in [0, 0.1) is 41.9 Å². The van der Waals surface area contributed by atoms with Crippen LogP contribution in [0.25, 0.3) is 0 Å². The molecule has 2 fully saturated rings. The van der Waals surface area contributed by atoms with Crippen LogP contribution < -0.4 is 61.0 Å². The Balaban J connectivity index is -0.000000709. The molecule has 0 bridgehead atoms. The quantitative estimate of drug-likeness (QED) is 0.0609. The standard InChI is InChI=1S/C16H20N2O4.C11H17NS.C7H14.C6H14.C4H9.C4H6.K/c1-12-16(10-21-11-16)22-7-5-18(12)14-8-13(4-3-6-19)9-17-15(14)20-2;1-4-9(2)10(3)12-8-11-6-5-7-13-11;1-5-7(4)6(2)3;1-3-5-6-4-2;1-4(2)3;1-3-4-2;/h8-9,12,19H,5-7,10-11H2,1-2H3;5-7,9H,4,8H2,1-3H3;7H,2,5H2,1,3-4H3;3-6H2,1-2H3;1-3H3;1H,4H2,2H3;/q;;;;-1;;+1. The first-order chi connectivity index (χ1) is 26.7. The first-order valence-electron chi connectivity index (χ1n) is 20.7. The van der Waals surface area contributed by atoms with E-state index in [0.29, 0.717) is 37.5 Å². The van der Waals surface area contributed by atoms with E-state index in [2.05, 4.69) is 140 Å². The van der Waals surface area contributed by atoms with Gasteiger partial charge in [-0.3, -0.25) is 4.99 Å². The van der Waals surface area contributed by atoms with Crippen LogP contribution >= 0.6 is 11.3 Å². The number of allylic oxidation sites excluding steroid dienone is 1. The number of unbranched alkanes of at least 4 members (excludes halogenated alkanes) is 3. The Morgan fingerprint density at radius 1 is 1.12 bits per heavy atom. The number of terminal acetylenes is 1. The minimum Gasteiger partial charge on any atom is -0.480 e. The number of pyridine rings is 1. The van der Waals surface area contributed by atoms with Gasteiger partial charge in [0.15, 0.2) is 0 Å². The molecular weight excluding hydrogens is 754 g/mol. The third kappa shape index (κ3) is 27.1. The maximum Gasteiger partial charge on any atom is 1.00 e. The number of morpholine rings is 1. The van der Waals surface area contributed by atoms with Gasteiger partial charge in [-0.2, -0.15) is 20.8 Å². The summed E-state index contributed by atoms with van der Waals surface area (Å²) in [6.45, 7) is 34.9. The van der Waals surface area contributed by atoms with Crippen molar-refractivity contribution in [2.75, 3.05) is 45.0 Å². The van der Waals surface area contributed by atoms with Crippen molar-refractivity contribution in [3.63, 3.8) is 0 Å². The average Bonchev–Trinajstić information content (AvgIpc) is 3.71. The Kier molecular flexibility index (Phi) is 39.3. The van der Waals surface area contributed by atoms with E-state index in [0.717, 1.165) is 30.8 Å². The number of rotatable bonds is 11. The Hall–Kier alpha value is -1.50. The van der Waals surface area contributed by atoms with Crippen LogP contribution in [0.15, 0.2) is 46.9 Å². The molecule has 2 aromatic rings. The Bertz CT molecular complexity index is 1400. The minimum absolute atomic E-state index is 0. The Labute approximate surface area is 398 Å².